The summed E-state index contributed by atoms with van der Waals surface area (Å²) in [4.78, 5) is 14.3. The second kappa shape index (κ2) is 9.63. The van der Waals surface area contributed by atoms with Gasteiger partial charge in [-0.15, -0.1) is 0 Å². The smallest absolute Gasteiger partial charge is 0.224 e. The van der Waals surface area contributed by atoms with Crippen LogP contribution in [0.1, 0.15) is 62.8 Å². The second-order valence-electron chi connectivity index (χ2n) is 9.11. The Morgan fingerprint density at radius 3 is 2.65 bits per heavy atom. The highest BCUT2D eigenvalue weighted by Crippen LogP contribution is 2.38. The van der Waals surface area contributed by atoms with Crippen LogP contribution in [0.25, 0.3) is 10.9 Å². The Hall–Kier alpha value is -2.03. The molecule has 2 aromatic heterocycles. The van der Waals surface area contributed by atoms with Gasteiger partial charge in [-0.2, -0.15) is 0 Å². The first kappa shape index (κ1) is 20.8. The summed E-state index contributed by atoms with van der Waals surface area (Å²) < 4.78 is 11.9. The third-order valence-corrected chi connectivity index (χ3v) is 6.81. The first-order valence-electron chi connectivity index (χ1n) is 11.8. The van der Waals surface area contributed by atoms with Gasteiger partial charge in [-0.05, 0) is 70.4 Å². The molecule has 1 atom stereocenters. The van der Waals surface area contributed by atoms with Crippen molar-refractivity contribution in [1.82, 2.24) is 20.3 Å². The number of nitrogens with one attached hydrogen (secondary N) is 2. The van der Waals surface area contributed by atoms with E-state index in [1.54, 1.807) is 0 Å². The highest BCUT2D eigenvalue weighted by atomic mass is 16.5. The number of aliphatic hydroxyl groups is 1. The molecule has 168 valence electrons. The maximum absolute atomic E-state index is 9.95. The van der Waals surface area contributed by atoms with Crippen LogP contribution in [0.2, 0.25) is 0 Å². The Labute approximate surface area is 183 Å². The fraction of sp³-hybridized carbons (Fsp3) is 0.696. The lowest BCUT2D eigenvalue weighted by molar-refractivity contribution is 0.0874. The number of rotatable bonds is 5. The van der Waals surface area contributed by atoms with Gasteiger partial charge in [0.15, 0.2) is 0 Å². The van der Waals surface area contributed by atoms with Gasteiger partial charge in [0.05, 0.1) is 29.7 Å². The monoisotopic (exact) mass is 427 g/mol. The van der Waals surface area contributed by atoms with E-state index < -0.39 is 0 Å². The molecule has 0 bridgehead atoms. The number of ether oxygens (including phenoxy) is 2. The normalized spacial score (nSPS) is 27.8. The summed E-state index contributed by atoms with van der Waals surface area (Å²) in [6.07, 6.45) is 11.4. The van der Waals surface area contributed by atoms with Crippen molar-refractivity contribution < 1.29 is 14.6 Å². The Kier molecular flexibility index (Phi) is 6.47. The van der Waals surface area contributed by atoms with Crippen molar-refractivity contribution >= 4 is 16.9 Å². The molecule has 31 heavy (non-hydrogen) atoms. The van der Waals surface area contributed by atoms with Crippen molar-refractivity contribution in [3.8, 4) is 5.88 Å². The predicted octanol–water partition coefficient (Wildman–Crippen LogP) is 2.77. The third kappa shape index (κ3) is 4.91. The van der Waals surface area contributed by atoms with Crippen LogP contribution in [0.3, 0.4) is 0 Å². The summed E-state index contributed by atoms with van der Waals surface area (Å²) in [5.74, 6) is 1.63. The second-order valence-corrected chi connectivity index (χ2v) is 9.11. The lowest BCUT2D eigenvalue weighted by Crippen LogP contribution is -2.34. The fourth-order valence-electron chi connectivity index (χ4n) is 4.97. The molecule has 0 radical (unpaired) electrons. The van der Waals surface area contributed by atoms with Crippen LogP contribution in [0.5, 0.6) is 5.88 Å². The van der Waals surface area contributed by atoms with Crippen LogP contribution in [0, 0.1) is 0 Å². The van der Waals surface area contributed by atoms with Crippen LogP contribution >= 0.6 is 0 Å². The molecule has 3 fully saturated rings. The number of piperidine rings is 1. The number of fused-ring (bicyclic) bond motifs is 1. The Morgan fingerprint density at radius 1 is 1.03 bits per heavy atom. The highest BCUT2D eigenvalue weighted by Gasteiger charge is 2.26. The van der Waals surface area contributed by atoms with E-state index >= 15 is 0 Å². The Balaban J connectivity index is 1.46. The molecule has 0 spiro atoms. The molecule has 0 aromatic carbocycles. The van der Waals surface area contributed by atoms with Crippen molar-refractivity contribution in [2.75, 3.05) is 31.6 Å². The average Bonchev–Trinajstić information content (AvgIpc) is 2.81. The van der Waals surface area contributed by atoms with Crippen molar-refractivity contribution in [3.63, 3.8) is 0 Å². The molecule has 2 aliphatic heterocycles. The van der Waals surface area contributed by atoms with Gasteiger partial charge in [0, 0.05) is 24.6 Å². The summed E-state index contributed by atoms with van der Waals surface area (Å²) in [5, 5.41) is 17.7. The van der Waals surface area contributed by atoms with Crippen LogP contribution in [-0.2, 0) is 4.74 Å². The van der Waals surface area contributed by atoms with E-state index in [4.69, 9.17) is 19.4 Å². The first-order valence-corrected chi connectivity index (χ1v) is 11.8. The molecule has 5 rings (SSSR count). The lowest BCUT2D eigenvalue weighted by Gasteiger charge is -2.27. The zero-order valence-electron chi connectivity index (χ0n) is 18.1. The number of aromatic nitrogens is 3. The van der Waals surface area contributed by atoms with Gasteiger partial charge in [0.2, 0.25) is 11.8 Å². The minimum absolute atomic E-state index is 0.171. The van der Waals surface area contributed by atoms with E-state index in [1.165, 1.54) is 0 Å². The Bertz CT molecular complexity index is 875. The number of nitrogens with zero attached hydrogens (tertiary/aromatic N) is 3. The SMILES string of the molecule is O[C@H]1CC[C@H](c2cnc(OC3CCNCC3)c3cnc(N[C@@H]4CCCOC4)nc32)CC1. The molecule has 4 heterocycles. The predicted molar refractivity (Wildman–Crippen MR) is 119 cm³/mol. The van der Waals surface area contributed by atoms with E-state index in [2.05, 4.69) is 15.6 Å². The Morgan fingerprint density at radius 2 is 1.87 bits per heavy atom. The van der Waals surface area contributed by atoms with Crippen molar-refractivity contribution in [2.45, 2.75) is 75.5 Å². The van der Waals surface area contributed by atoms with E-state index in [-0.39, 0.29) is 18.2 Å². The van der Waals surface area contributed by atoms with Crippen molar-refractivity contribution in [1.29, 1.82) is 0 Å². The molecule has 3 N–H and O–H groups in total. The standard InChI is InChI=1S/C23H33N5O3/c29-17-5-3-15(4-6-17)19-12-25-22(31-18-7-9-24-10-8-18)20-13-26-23(28-21(19)20)27-16-2-1-11-30-14-16/h12-13,15-18,24,29H,1-11,14H2,(H,26,27,28)/t15-,16-,17-/m1/s1. The topological polar surface area (TPSA) is 101 Å². The van der Waals surface area contributed by atoms with E-state index in [1.807, 2.05) is 12.4 Å². The zero-order chi connectivity index (χ0) is 21.0. The molecular formula is C23H33N5O3. The van der Waals surface area contributed by atoms with E-state index in [0.717, 1.165) is 87.5 Å². The largest absolute Gasteiger partial charge is 0.474 e. The van der Waals surface area contributed by atoms with Gasteiger partial charge in [0.1, 0.15) is 6.10 Å². The third-order valence-electron chi connectivity index (χ3n) is 6.81. The van der Waals surface area contributed by atoms with Gasteiger partial charge in [0.25, 0.3) is 0 Å². The molecule has 8 heteroatoms. The number of aliphatic hydroxyl groups excluding tert-OH is 1. The minimum atomic E-state index is -0.184. The number of hydrogen-bond acceptors (Lipinski definition) is 8. The van der Waals surface area contributed by atoms with Gasteiger partial charge >= 0.3 is 0 Å². The molecule has 2 saturated heterocycles. The van der Waals surface area contributed by atoms with E-state index in [0.29, 0.717) is 24.4 Å². The van der Waals surface area contributed by atoms with Crippen LogP contribution in [0.4, 0.5) is 5.95 Å². The number of hydrogen-bond donors (Lipinski definition) is 3. The molecule has 1 aliphatic carbocycles. The summed E-state index contributed by atoms with van der Waals surface area (Å²) in [6, 6.07) is 0.242. The van der Waals surface area contributed by atoms with Crippen molar-refractivity contribution in [3.05, 3.63) is 18.0 Å². The summed E-state index contributed by atoms with van der Waals surface area (Å²) in [5.41, 5.74) is 2.07. The lowest BCUT2D eigenvalue weighted by atomic mass is 9.83. The fourth-order valence-corrected chi connectivity index (χ4v) is 4.97. The maximum atomic E-state index is 9.95. The molecule has 8 nitrogen and oxygen atoms in total. The summed E-state index contributed by atoms with van der Waals surface area (Å²) in [6.45, 7) is 3.46. The first-order chi connectivity index (χ1) is 15.3. The van der Waals surface area contributed by atoms with Crippen LogP contribution in [0.15, 0.2) is 12.4 Å². The summed E-state index contributed by atoms with van der Waals surface area (Å²) >= 11 is 0. The molecule has 2 aromatic rings. The molecule has 1 saturated carbocycles. The van der Waals surface area contributed by atoms with Crippen LogP contribution in [-0.4, -0.2) is 64.6 Å². The van der Waals surface area contributed by atoms with Gasteiger partial charge < -0.3 is 25.2 Å². The van der Waals surface area contributed by atoms with Gasteiger partial charge in [-0.1, -0.05) is 0 Å². The highest BCUT2D eigenvalue weighted by molar-refractivity contribution is 5.86. The van der Waals surface area contributed by atoms with E-state index in [9.17, 15) is 5.11 Å². The van der Waals surface area contributed by atoms with Crippen molar-refractivity contribution in [2.24, 2.45) is 0 Å². The summed E-state index contributed by atoms with van der Waals surface area (Å²) in [7, 11) is 0. The molecular weight excluding hydrogens is 394 g/mol. The zero-order valence-corrected chi connectivity index (χ0v) is 18.1. The quantitative estimate of drug-likeness (QED) is 0.670. The van der Waals surface area contributed by atoms with Gasteiger partial charge in [-0.25, -0.2) is 15.0 Å². The van der Waals surface area contributed by atoms with Crippen LogP contribution < -0.4 is 15.4 Å². The minimum Gasteiger partial charge on any atom is -0.474 e. The number of anilines is 1. The number of pyridine rings is 1. The maximum Gasteiger partial charge on any atom is 0.224 e. The van der Waals surface area contributed by atoms with Gasteiger partial charge in [-0.3, -0.25) is 0 Å². The molecule has 3 aliphatic rings. The average molecular weight is 428 g/mol. The molecule has 0 amide bonds. The molecule has 0 unspecified atom stereocenters.